The lowest BCUT2D eigenvalue weighted by atomic mass is 10.2. The third-order valence-corrected chi connectivity index (χ3v) is 3.67. The molecule has 0 saturated heterocycles. The fourth-order valence-corrected chi connectivity index (χ4v) is 2.68. The Bertz CT molecular complexity index is 417. The van der Waals surface area contributed by atoms with Crippen molar-refractivity contribution in [3.05, 3.63) is 23.8 Å². The minimum atomic E-state index is 0.344. The molecule has 0 radical (unpaired) electrons. The third-order valence-electron chi connectivity index (χ3n) is 3.67. The Kier molecular flexibility index (Phi) is 6.83. The summed E-state index contributed by atoms with van der Waals surface area (Å²) in [5.74, 6) is 1.72. The van der Waals surface area contributed by atoms with E-state index in [1.54, 1.807) is 0 Å². The first-order valence-corrected chi connectivity index (χ1v) is 8.15. The molecule has 0 saturated carbocycles. The molecular formula is C17H28N2O2. The molecule has 1 N–H and O–H groups in total. The van der Waals surface area contributed by atoms with Crippen LogP contribution >= 0.6 is 0 Å². The monoisotopic (exact) mass is 292 g/mol. The lowest BCUT2D eigenvalue weighted by Gasteiger charge is -2.20. The van der Waals surface area contributed by atoms with E-state index in [1.165, 1.54) is 44.5 Å². The van der Waals surface area contributed by atoms with Gasteiger partial charge in [-0.2, -0.15) is 0 Å². The van der Waals surface area contributed by atoms with Crippen LogP contribution in [0.2, 0.25) is 0 Å². The zero-order valence-corrected chi connectivity index (χ0v) is 13.4. The number of benzene rings is 1. The first-order chi connectivity index (χ1) is 10.3. The van der Waals surface area contributed by atoms with Gasteiger partial charge >= 0.3 is 0 Å². The average molecular weight is 292 g/mol. The Morgan fingerprint density at radius 1 is 1.05 bits per heavy atom. The summed E-state index contributed by atoms with van der Waals surface area (Å²) in [7, 11) is 0. The fraction of sp³-hybridized carbons (Fsp3) is 0.647. The Morgan fingerprint density at radius 2 is 1.81 bits per heavy atom. The Morgan fingerprint density at radius 3 is 2.57 bits per heavy atom. The van der Waals surface area contributed by atoms with Crippen LogP contribution in [-0.4, -0.2) is 37.9 Å². The summed E-state index contributed by atoms with van der Waals surface area (Å²) in [5.41, 5.74) is 1.25. The molecule has 2 rings (SSSR count). The van der Waals surface area contributed by atoms with Gasteiger partial charge in [0.15, 0.2) is 11.5 Å². The second-order valence-electron chi connectivity index (χ2n) is 5.56. The maximum atomic E-state index is 5.40. The summed E-state index contributed by atoms with van der Waals surface area (Å²) < 4.78 is 10.7. The maximum absolute atomic E-state index is 5.40. The molecule has 4 nitrogen and oxygen atoms in total. The molecule has 4 heteroatoms. The molecule has 0 spiro atoms. The molecule has 1 heterocycles. The quantitative estimate of drug-likeness (QED) is 0.672. The van der Waals surface area contributed by atoms with Crippen molar-refractivity contribution in [1.82, 2.24) is 10.2 Å². The van der Waals surface area contributed by atoms with Crippen molar-refractivity contribution >= 4 is 0 Å². The number of ether oxygens (including phenoxy) is 2. The van der Waals surface area contributed by atoms with Gasteiger partial charge in [0.25, 0.3) is 0 Å². The number of nitrogens with zero attached hydrogens (tertiary/aromatic N) is 1. The Hall–Kier alpha value is -1.26. The van der Waals surface area contributed by atoms with Crippen LogP contribution in [0.15, 0.2) is 18.2 Å². The lowest BCUT2D eigenvalue weighted by Crippen LogP contribution is -2.29. The van der Waals surface area contributed by atoms with Crippen molar-refractivity contribution in [2.75, 3.05) is 33.0 Å². The van der Waals surface area contributed by atoms with Crippen LogP contribution in [0, 0.1) is 0 Å². The molecule has 1 aliphatic heterocycles. The predicted molar refractivity (Wildman–Crippen MR) is 85.9 cm³/mol. The number of rotatable bonds is 10. The average Bonchev–Trinajstić information content (AvgIpc) is 2.95. The van der Waals surface area contributed by atoms with Crippen LogP contribution in [0.5, 0.6) is 11.5 Å². The fourth-order valence-electron chi connectivity index (χ4n) is 2.68. The van der Waals surface area contributed by atoms with Gasteiger partial charge in [-0.05, 0) is 63.1 Å². The van der Waals surface area contributed by atoms with Gasteiger partial charge in [0.1, 0.15) is 0 Å². The highest BCUT2D eigenvalue weighted by molar-refractivity contribution is 5.44. The number of hydrogen-bond acceptors (Lipinski definition) is 4. The number of hydrogen-bond donors (Lipinski definition) is 1. The van der Waals surface area contributed by atoms with Crippen LogP contribution in [0.3, 0.4) is 0 Å². The van der Waals surface area contributed by atoms with E-state index in [1.807, 2.05) is 6.07 Å². The zero-order chi connectivity index (χ0) is 14.9. The molecule has 0 bridgehead atoms. The van der Waals surface area contributed by atoms with Crippen LogP contribution in [0.4, 0.5) is 0 Å². The molecule has 0 atom stereocenters. The summed E-state index contributed by atoms with van der Waals surface area (Å²) in [5, 5.41) is 3.51. The minimum Gasteiger partial charge on any atom is -0.454 e. The second kappa shape index (κ2) is 8.90. The molecule has 0 aromatic heterocycles. The molecule has 0 aliphatic carbocycles. The number of nitrogens with one attached hydrogen (secondary N) is 1. The van der Waals surface area contributed by atoms with Crippen LogP contribution in [0.25, 0.3) is 0 Å². The van der Waals surface area contributed by atoms with Crippen molar-refractivity contribution in [3.8, 4) is 11.5 Å². The normalized spacial score (nSPS) is 13.1. The molecular weight excluding hydrogens is 264 g/mol. The van der Waals surface area contributed by atoms with Crippen molar-refractivity contribution in [2.45, 2.75) is 39.7 Å². The SMILES string of the molecule is CCCN(CCC)CCCNCc1ccc2c(c1)OCO2. The lowest BCUT2D eigenvalue weighted by molar-refractivity contribution is 0.174. The molecule has 118 valence electrons. The van der Waals surface area contributed by atoms with E-state index in [0.29, 0.717) is 6.79 Å². The minimum absolute atomic E-state index is 0.344. The molecule has 1 aromatic carbocycles. The first kappa shape index (κ1) is 16.1. The van der Waals surface area contributed by atoms with Gasteiger partial charge in [-0.1, -0.05) is 19.9 Å². The van der Waals surface area contributed by atoms with E-state index < -0.39 is 0 Å². The topological polar surface area (TPSA) is 33.7 Å². The Labute approximate surface area is 128 Å². The van der Waals surface area contributed by atoms with E-state index in [2.05, 4.69) is 36.2 Å². The molecule has 0 amide bonds. The summed E-state index contributed by atoms with van der Waals surface area (Å²) >= 11 is 0. The van der Waals surface area contributed by atoms with Crippen LogP contribution < -0.4 is 14.8 Å². The second-order valence-corrected chi connectivity index (χ2v) is 5.56. The van der Waals surface area contributed by atoms with Crippen molar-refractivity contribution in [3.63, 3.8) is 0 Å². The molecule has 21 heavy (non-hydrogen) atoms. The van der Waals surface area contributed by atoms with Crippen LogP contribution in [0.1, 0.15) is 38.7 Å². The van der Waals surface area contributed by atoms with Gasteiger partial charge < -0.3 is 19.7 Å². The Balaban J connectivity index is 1.63. The highest BCUT2D eigenvalue weighted by Gasteiger charge is 2.12. The van der Waals surface area contributed by atoms with E-state index in [0.717, 1.165) is 24.6 Å². The van der Waals surface area contributed by atoms with Crippen molar-refractivity contribution in [1.29, 1.82) is 0 Å². The molecule has 1 aromatic rings. The summed E-state index contributed by atoms with van der Waals surface area (Å²) in [6.45, 7) is 10.4. The van der Waals surface area contributed by atoms with Gasteiger partial charge in [-0.25, -0.2) is 0 Å². The standard InChI is InChI=1S/C17H28N2O2/c1-3-9-19(10-4-2)11-5-8-18-13-15-6-7-16-17(12-15)21-14-20-16/h6-7,12,18H,3-5,8-11,13-14H2,1-2H3. The predicted octanol–water partition coefficient (Wildman–Crippen LogP) is 3.02. The molecule has 1 aliphatic rings. The number of fused-ring (bicyclic) bond motifs is 1. The highest BCUT2D eigenvalue weighted by atomic mass is 16.7. The van der Waals surface area contributed by atoms with Gasteiger partial charge in [0.05, 0.1) is 0 Å². The highest BCUT2D eigenvalue weighted by Crippen LogP contribution is 2.32. The largest absolute Gasteiger partial charge is 0.454 e. The third kappa shape index (κ3) is 5.21. The molecule has 0 unspecified atom stereocenters. The zero-order valence-electron chi connectivity index (χ0n) is 13.4. The van der Waals surface area contributed by atoms with E-state index >= 15 is 0 Å². The first-order valence-electron chi connectivity index (χ1n) is 8.15. The van der Waals surface area contributed by atoms with Gasteiger partial charge in [-0.3, -0.25) is 0 Å². The molecule has 0 fully saturated rings. The van der Waals surface area contributed by atoms with Gasteiger partial charge in [-0.15, -0.1) is 0 Å². The van der Waals surface area contributed by atoms with Crippen molar-refractivity contribution in [2.24, 2.45) is 0 Å². The van der Waals surface area contributed by atoms with Crippen molar-refractivity contribution < 1.29 is 9.47 Å². The van der Waals surface area contributed by atoms with E-state index in [-0.39, 0.29) is 0 Å². The van der Waals surface area contributed by atoms with Gasteiger partial charge in [0, 0.05) is 6.54 Å². The van der Waals surface area contributed by atoms with E-state index in [9.17, 15) is 0 Å². The maximum Gasteiger partial charge on any atom is 0.231 e. The van der Waals surface area contributed by atoms with E-state index in [4.69, 9.17) is 9.47 Å². The summed E-state index contributed by atoms with van der Waals surface area (Å²) in [6, 6.07) is 6.15. The summed E-state index contributed by atoms with van der Waals surface area (Å²) in [4.78, 5) is 2.56. The summed E-state index contributed by atoms with van der Waals surface area (Å²) in [6.07, 6.45) is 3.68. The van der Waals surface area contributed by atoms with Gasteiger partial charge in [0.2, 0.25) is 6.79 Å². The smallest absolute Gasteiger partial charge is 0.231 e. The van der Waals surface area contributed by atoms with Crippen LogP contribution in [-0.2, 0) is 6.54 Å².